The molecule has 0 amide bonds. The molecule has 0 aliphatic carbocycles. The highest BCUT2D eigenvalue weighted by Gasteiger charge is 2.36. The van der Waals surface area contributed by atoms with Crippen LogP contribution in [0.2, 0.25) is 0 Å². The van der Waals surface area contributed by atoms with E-state index in [1.54, 1.807) is 0 Å². The van der Waals surface area contributed by atoms with Gasteiger partial charge in [0.1, 0.15) is 0 Å². The summed E-state index contributed by atoms with van der Waals surface area (Å²) in [5.74, 6) is 2.78. The van der Waals surface area contributed by atoms with Crippen LogP contribution in [0.4, 0.5) is 0 Å². The Kier molecular flexibility index (Phi) is 2.64. The Labute approximate surface area is 82.3 Å². The summed E-state index contributed by atoms with van der Waals surface area (Å²) >= 11 is 0. The van der Waals surface area contributed by atoms with E-state index in [-0.39, 0.29) is 0 Å². The molecule has 2 aliphatic rings. The van der Waals surface area contributed by atoms with Crippen molar-refractivity contribution in [1.29, 1.82) is 0 Å². The number of rotatable bonds is 2. The molecule has 1 N–H and O–H groups in total. The molecule has 2 bridgehead atoms. The zero-order valence-electron chi connectivity index (χ0n) is 9.22. The van der Waals surface area contributed by atoms with Gasteiger partial charge in [0.2, 0.25) is 0 Å². The molecule has 3 unspecified atom stereocenters. The van der Waals surface area contributed by atoms with E-state index < -0.39 is 0 Å². The van der Waals surface area contributed by atoms with Crippen LogP contribution in [0.25, 0.3) is 0 Å². The van der Waals surface area contributed by atoms with Gasteiger partial charge in [0.05, 0.1) is 0 Å². The zero-order chi connectivity index (χ0) is 9.42. The lowest BCUT2D eigenvalue weighted by Gasteiger charge is -2.34. The lowest BCUT2D eigenvalue weighted by Crippen LogP contribution is -2.40. The van der Waals surface area contributed by atoms with Crippen LogP contribution < -0.4 is 5.32 Å². The van der Waals surface area contributed by atoms with Crippen molar-refractivity contribution in [2.24, 2.45) is 17.8 Å². The Bertz CT molecular complexity index is 164. The fourth-order valence-electron chi connectivity index (χ4n) is 3.07. The standard InChI is InChI=1S/C12H23N/c1-8(2)9(3)10-6-11-4-5-12(7-10)13-11/h8-13H,4-7H2,1-3H3. The Morgan fingerprint density at radius 1 is 1.00 bits per heavy atom. The quantitative estimate of drug-likeness (QED) is 0.690. The minimum atomic E-state index is 0.863. The fourth-order valence-corrected chi connectivity index (χ4v) is 3.07. The third-order valence-electron chi connectivity index (χ3n) is 4.30. The predicted octanol–water partition coefficient (Wildman–Crippen LogP) is 2.81. The summed E-state index contributed by atoms with van der Waals surface area (Å²) in [5, 5.41) is 3.71. The molecular formula is C12H23N. The van der Waals surface area contributed by atoms with Crippen LogP contribution in [0.5, 0.6) is 0 Å². The highest BCUT2D eigenvalue weighted by molar-refractivity contribution is 4.93. The average Bonchev–Trinajstić information content (AvgIpc) is 2.44. The highest BCUT2D eigenvalue weighted by atomic mass is 15.0. The molecule has 3 atom stereocenters. The molecule has 0 spiro atoms. The Morgan fingerprint density at radius 2 is 1.54 bits per heavy atom. The van der Waals surface area contributed by atoms with Crippen LogP contribution in [0.1, 0.15) is 46.5 Å². The van der Waals surface area contributed by atoms with Crippen molar-refractivity contribution in [2.75, 3.05) is 0 Å². The Balaban J connectivity index is 1.94. The van der Waals surface area contributed by atoms with Gasteiger partial charge in [-0.15, -0.1) is 0 Å². The first-order valence-electron chi connectivity index (χ1n) is 5.93. The van der Waals surface area contributed by atoms with Gasteiger partial charge in [0, 0.05) is 12.1 Å². The lowest BCUT2D eigenvalue weighted by molar-refractivity contribution is 0.189. The van der Waals surface area contributed by atoms with Gasteiger partial charge in [-0.1, -0.05) is 20.8 Å². The highest BCUT2D eigenvalue weighted by Crippen LogP contribution is 2.37. The summed E-state index contributed by atoms with van der Waals surface area (Å²) < 4.78 is 0. The van der Waals surface area contributed by atoms with Crippen molar-refractivity contribution in [1.82, 2.24) is 5.32 Å². The third kappa shape index (κ3) is 1.90. The van der Waals surface area contributed by atoms with Crippen LogP contribution in [0.3, 0.4) is 0 Å². The van der Waals surface area contributed by atoms with Crippen LogP contribution in [0, 0.1) is 17.8 Å². The fraction of sp³-hybridized carbons (Fsp3) is 1.00. The molecule has 0 aromatic carbocycles. The summed E-state index contributed by atoms with van der Waals surface area (Å²) in [6.45, 7) is 7.18. The molecule has 76 valence electrons. The minimum Gasteiger partial charge on any atom is -0.311 e. The molecule has 0 aromatic heterocycles. The van der Waals surface area contributed by atoms with Gasteiger partial charge in [-0.25, -0.2) is 0 Å². The SMILES string of the molecule is CC(C)C(C)C1CC2CCC(C1)N2. The monoisotopic (exact) mass is 181 g/mol. The van der Waals surface area contributed by atoms with Gasteiger partial charge in [-0.3, -0.25) is 0 Å². The first kappa shape index (κ1) is 9.51. The molecule has 0 saturated carbocycles. The molecular weight excluding hydrogens is 158 g/mol. The maximum atomic E-state index is 3.71. The molecule has 2 rings (SSSR count). The summed E-state index contributed by atoms with van der Waals surface area (Å²) in [6.07, 6.45) is 5.75. The molecule has 2 fully saturated rings. The smallest absolute Gasteiger partial charge is 0.00729 e. The number of nitrogens with one attached hydrogen (secondary N) is 1. The normalized spacial score (nSPS) is 41.1. The maximum Gasteiger partial charge on any atom is 0.00729 e. The van der Waals surface area contributed by atoms with E-state index in [0.717, 1.165) is 29.8 Å². The minimum absolute atomic E-state index is 0.863. The number of piperidine rings is 1. The lowest BCUT2D eigenvalue weighted by atomic mass is 9.77. The van der Waals surface area contributed by atoms with Crippen LogP contribution >= 0.6 is 0 Å². The second-order valence-electron chi connectivity index (χ2n) is 5.47. The van der Waals surface area contributed by atoms with Gasteiger partial charge in [0.15, 0.2) is 0 Å². The zero-order valence-corrected chi connectivity index (χ0v) is 9.22. The topological polar surface area (TPSA) is 12.0 Å². The first-order valence-corrected chi connectivity index (χ1v) is 5.93. The molecule has 13 heavy (non-hydrogen) atoms. The molecule has 1 nitrogen and oxygen atoms in total. The van der Waals surface area contributed by atoms with E-state index in [1.165, 1.54) is 25.7 Å². The van der Waals surface area contributed by atoms with E-state index in [1.807, 2.05) is 0 Å². The van der Waals surface area contributed by atoms with Gasteiger partial charge >= 0.3 is 0 Å². The number of hydrogen-bond acceptors (Lipinski definition) is 1. The van der Waals surface area contributed by atoms with E-state index in [9.17, 15) is 0 Å². The largest absolute Gasteiger partial charge is 0.311 e. The van der Waals surface area contributed by atoms with Crippen molar-refractivity contribution >= 4 is 0 Å². The van der Waals surface area contributed by atoms with Crippen molar-refractivity contribution in [3.05, 3.63) is 0 Å². The maximum absolute atomic E-state index is 3.71. The van der Waals surface area contributed by atoms with Crippen LogP contribution in [-0.4, -0.2) is 12.1 Å². The molecule has 0 radical (unpaired) electrons. The van der Waals surface area contributed by atoms with Crippen molar-refractivity contribution in [3.63, 3.8) is 0 Å². The van der Waals surface area contributed by atoms with E-state index >= 15 is 0 Å². The summed E-state index contributed by atoms with van der Waals surface area (Å²) in [6, 6.07) is 1.73. The molecule has 0 aromatic rings. The molecule has 1 heteroatoms. The predicted molar refractivity (Wildman–Crippen MR) is 56.7 cm³/mol. The third-order valence-corrected chi connectivity index (χ3v) is 4.30. The van der Waals surface area contributed by atoms with Crippen molar-refractivity contribution in [3.8, 4) is 0 Å². The van der Waals surface area contributed by atoms with Gasteiger partial charge in [0.25, 0.3) is 0 Å². The van der Waals surface area contributed by atoms with Crippen molar-refractivity contribution < 1.29 is 0 Å². The Morgan fingerprint density at radius 3 is 2.00 bits per heavy atom. The van der Waals surface area contributed by atoms with Crippen LogP contribution in [0.15, 0.2) is 0 Å². The Hall–Kier alpha value is -0.0400. The van der Waals surface area contributed by atoms with Crippen LogP contribution in [-0.2, 0) is 0 Å². The van der Waals surface area contributed by atoms with Gasteiger partial charge in [-0.2, -0.15) is 0 Å². The first-order chi connectivity index (χ1) is 6.16. The number of fused-ring (bicyclic) bond motifs is 2. The van der Waals surface area contributed by atoms with E-state index in [4.69, 9.17) is 0 Å². The second-order valence-corrected chi connectivity index (χ2v) is 5.47. The molecule has 2 aliphatic heterocycles. The van der Waals surface area contributed by atoms with Gasteiger partial charge < -0.3 is 5.32 Å². The molecule has 2 saturated heterocycles. The average molecular weight is 181 g/mol. The van der Waals surface area contributed by atoms with Gasteiger partial charge in [-0.05, 0) is 43.4 Å². The summed E-state index contributed by atoms with van der Waals surface area (Å²) in [4.78, 5) is 0. The molecule has 2 heterocycles. The summed E-state index contributed by atoms with van der Waals surface area (Å²) in [5.41, 5.74) is 0. The van der Waals surface area contributed by atoms with E-state index in [0.29, 0.717) is 0 Å². The second kappa shape index (κ2) is 3.61. The number of hydrogen-bond donors (Lipinski definition) is 1. The van der Waals surface area contributed by atoms with Crippen molar-refractivity contribution in [2.45, 2.75) is 58.5 Å². The summed E-state index contributed by atoms with van der Waals surface area (Å²) in [7, 11) is 0. The van der Waals surface area contributed by atoms with E-state index in [2.05, 4.69) is 26.1 Å².